The van der Waals surface area contributed by atoms with Crippen molar-refractivity contribution in [2.75, 3.05) is 0 Å². The van der Waals surface area contributed by atoms with Gasteiger partial charge in [0.15, 0.2) is 0 Å². The number of aryl methyl sites for hydroxylation is 2. The topological polar surface area (TPSA) is 20.2 Å². The van der Waals surface area contributed by atoms with Gasteiger partial charge in [0.25, 0.3) is 0 Å². The van der Waals surface area contributed by atoms with Crippen LogP contribution in [0.5, 0.6) is 0 Å². The molecule has 0 aliphatic carbocycles. The molecule has 0 saturated carbocycles. The zero-order chi connectivity index (χ0) is 11.7. The Morgan fingerprint density at radius 3 is 2.56 bits per heavy atom. The van der Waals surface area contributed by atoms with Crippen molar-refractivity contribution >= 4 is 27.3 Å². The molecule has 0 bridgehead atoms. The van der Waals surface area contributed by atoms with Crippen molar-refractivity contribution in [3.8, 4) is 0 Å². The van der Waals surface area contributed by atoms with Crippen molar-refractivity contribution < 1.29 is 5.11 Å². The van der Waals surface area contributed by atoms with E-state index in [0.29, 0.717) is 0 Å². The standard InChI is InChI=1S/C13H13BrOS/c1-8-3-4-11(12(14)5-8)13(15)10-6-9(2)16-7-10/h3-7,13,15H,1-2H3. The van der Waals surface area contributed by atoms with Gasteiger partial charge in [-0.3, -0.25) is 0 Å². The summed E-state index contributed by atoms with van der Waals surface area (Å²) < 4.78 is 0.962. The summed E-state index contributed by atoms with van der Waals surface area (Å²) in [6.45, 7) is 4.08. The maximum absolute atomic E-state index is 10.3. The summed E-state index contributed by atoms with van der Waals surface area (Å²) in [5.74, 6) is 0. The highest BCUT2D eigenvalue weighted by molar-refractivity contribution is 9.10. The lowest BCUT2D eigenvalue weighted by Crippen LogP contribution is -1.99. The predicted molar refractivity (Wildman–Crippen MR) is 72.0 cm³/mol. The first kappa shape index (κ1) is 11.8. The number of aliphatic hydroxyl groups is 1. The van der Waals surface area contributed by atoms with Gasteiger partial charge in [0.05, 0.1) is 0 Å². The van der Waals surface area contributed by atoms with Gasteiger partial charge in [-0.1, -0.05) is 28.1 Å². The summed E-state index contributed by atoms with van der Waals surface area (Å²) >= 11 is 5.16. The number of hydrogen-bond donors (Lipinski definition) is 1. The van der Waals surface area contributed by atoms with Gasteiger partial charge in [-0.05, 0) is 48.1 Å². The highest BCUT2D eigenvalue weighted by atomic mass is 79.9. The van der Waals surface area contributed by atoms with Gasteiger partial charge in [0.2, 0.25) is 0 Å². The normalized spacial score (nSPS) is 12.8. The van der Waals surface area contributed by atoms with Crippen LogP contribution in [0, 0.1) is 13.8 Å². The van der Waals surface area contributed by atoms with Crippen molar-refractivity contribution in [1.29, 1.82) is 0 Å². The Morgan fingerprint density at radius 2 is 2.00 bits per heavy atom. The molecule has 0 spiro atoms. The molecule has 0 radical (unpaired) electrons. The monoisotopic (exact) mass is 296 g/mol. The molecule has 0 amide bonds. The van der Waals surface area contributed by atoms with Gasteiger partial charge in [-0.2, -0.15) is 0 Å². The fourth-order valence-electron chi connectivity index (χ4n) is 1.64. The zero-order valence-electron chi connectivity index (χ0n) is 9.20. The fourth-order valence-corrected chi connectivity index (χ4v) is 3.07. The summed E-state index contributed by atoms with van der Waals surface area (Å²) in [5, 5.41) is 12.3. The molecule has 0 aliphatic heterocycles. The van der Waals surface area contributed by atoms with Crippen LogP contribution in [0.2, 0.25) is 0 Å². The third-order valence-electron chi connectivity index (χ3n) is 2.52. The lowest BCUT2D eigenvalue weighted by molar-refractivity contribution is 0.220. The maximum Gasteiger partial charge on any atom is 0.106 e. The number of halogens is 1. The number of rotatable bonds is 2. The van der Waals surface area contributed by atoms with Crippen molar-refractivity contribution in [2.24, 2.45) is 0 Å². The van der Waals surface area contributed by atoms with Gasteiger partial charge in [0, 0.05) is 9.35 Å². The Bertz CT molecular complexity index is 504. The Morgan fingerprint density at radius 1 is 1.25 bits per heavy atom. The highest BCUT2D eigenvalue weighted by Crippen LogP contribution is 2.31. The first-order valence-electron chi connectivity index (χ1n) is 5.07. The summed E-state index contributed by atoms with van der Waals surface area (Å²) in [4.78, 5) is 1.22. The van der Waals surface area contributed by atoms with Crippen molar-refractivity contribution in [2.45, 2.75) is 20.0 Å². The molecule has 1 N–H and O–H groups in total. The van der Waals surface area contributed by atoms with Crippen LogP contribution in [0.1, 0.15) is 27.7 Å². The lowest BCUT2D eigenvalue weighted by atomic mass is 10.0. The van der Waals surface area contributed by atoms with Gasteiger partial charge >= 0.3 is 0 Å². The van der Waals surface area contributed by atoms with E-state index in [-0.39, 0.29) is 0 Å². The van der Waals surface area contributed by atoms with Gasteiger partial charge in [0.1, 0.15) is 6.10 Å². The van der Waals surface area contributed by atoms with E-state index in [2.05, 4.69) is 15.9 Å². The average molecular weight is 297 g/mol. The molecule has 0 fully saturated rings. The van der Waals surface area contributed by atoms with E-state index >= 15 is 0 Å². The van der Waals surface area contributed by atoms with Gasteiger partial charge in [-0.25, -0.2) is 0 Å². The van der Waals surface area contributed by atoms with Crippen LogP contribution >= 0.6 is 27.3 Å². The zero-order valence-corrected chi connectivity index (χ0v) is 11.6. The van der Waals surface area contributed by atoms with E-state index in [1.165, 1.54) is 10.4 Å². The highest BCUT2D eigenvalue weighted by Gasteiger charge is 2.14. The van der Waals surface area contributed by atoms with Crippen LogP contribution in [-0.2, 0) is 0 Å². The summed E-state index contributed by atoms with van der Waals surface area (Å²) in [7, 11) is 0. The number of aliphatic hydroxyl groups excluding tert-OH is 1. The van der Waals surface area contributed by atoms with Crippen LogP contribution in [0.4, 0.5) is 0 Å². The summed E-state index contributed by atoms with van der Waals surface area (Å²) in [5.41, 5.74) is 3.07. The average Bonchev–Trinajstić information content (AvgIpc) is 2.64. The number of hydrogen-bond acceptors (Lipinski definition) is 2. The molecule has 2 rings (SSSR count). The third kappa shape index (κ3) is 2.37. The molecule has 1 heterocycles. The number of thiophene rings is 1. The molecular formula is C13H13BrOS. The van der Waals surface area contributed by atoms with E-state index < -0.39 is 6.10 Å². The van der Waals surface area contributed by atoms with Crippen LogP contribution < -0.4 is 0 Å². The largest absolute Gasteiger partial charge is 0.384 e. The second kappa shape index (κ2) is 4.70. The molecule has 3 heteroatoms. The molecule has 1 nitrogen and oxygen atoms in total. The smallest absolute Gasteiger partial charge is 0.106 e. The molecule has 1 unspecified atom stereocenters. The van der Waals surface area contributed by atoms with Crippen molar-refractivity contribution in [1.82, 2.24) is 0 Å². The summed E-state index contributed by atoms with van der Waals surface area (Å²) in [6, 6.07) is 8.04. The molecular weight excluding hydrogens is 284 g/mol. The Balaban J connectivity index is 2.37. The maximum atomic E-state index is 10.3. The molecule has 84 valence electrons. The minimum atomic E-state index is -0.542. The van der Waals surface area contributed by atoms with E-state index in [9.17, 15) is 5.11 Å². The number of benzene rings is 1. The fraction of sp³-hybridized carbons (Fsp3) is 0.231. The van der Waals surface area contributed by atoms with Gasteiger partial charge in [-0.15, -0.1) is 11.3 Å². The SMILES string of the molecule is Cc1ccc(C(O)c2csc(C)c2)c(Br)c1. The van der Waals surface area contributed by atoms with E-state index in [4.69, 9.17) is 0 Å². The van der Waals surface area contributed by atoms with Crippen LogP contribution in [-0.4, -0.2) is 5.11 Å². The molecule has 1 aromatic heterocycles. The molecule has 16 heavy (non-hydrogen) atoms. The van der Waals surface area contributed by atoms with Crippen molar-refractivity contribution in [3.05, 3.63) is 55.7 Å². The first-order chi connectivity index (χ1) is 7.58. The second-order valence-electron chi connectivity index (χ2n) is 3.92. The van der Waals surface area contributed by atoms with E-state index in [1.807, 2.05) is 43.5 Å². The molecule has 2 aromatic rings. The van der Waals surface area contributed by atoms with E-state index in [0.717, 1.165) is 15.6 Å². The van der Waals surface area contributed by atoms with Crippen molar-refractivity contribution in [3.63, 3.8) is 0 Å². The van der Waals surface area contributed by atoms with Crippen LogP contribution in [0.15, 0.2) is 34.1 Å². The Labute approximate surface area is 108 Å². The minimum absolute atomic E-state index is 0.542. The Kier molecular flexibility index (Phi) is 3.47. The quantitative estimate of drug-likeness (QED) is 0.880. The molecule has 0 saturated heterocycles. The molecule has 1 aromatic carbocycles. The minimum Gasteiger partial charge on any atom is -0.384 e. The first-order valence-corrected chi connectivity index (χ1v) is 6.74. The Hall–Kier alpha value is -0.640. The van der Waals surface area contributed by atoms with Gasteiger partial charge < -0.3 is 5.11 Å². The van der Waals surface area contributed by atoms with E-state index in [1.54, 1.807) is 11.3 Å². The summed E-state index contributed by atoms with van der Waals surface area (Å²) in [6.07, 6.45) is -0.542. The molecule has 0 aliphatic rings. The van der Waals surface area contributed by atoms with Crippen LogP contribution in [0.25, 0.3) is 0 Å². The second-order valence-corrected chi connectivity index (χ2v) is 5.89. The van der Waals surface area contributed by atoms with Crippen LogP contribution in [0.3, 0.4) is 0 Å². The predicted octanol–water partition coefficient (Wildman–Crippen LogP) is 4.21. The third-order valence-corrected chi connectivity index (χ3v) is 4.08. The lowest BCUT2D eigenvalue weighted by Gasteiger charge is -2.12. The molecule has 1 atom stereocenters.